The van der Waals surface area contributed by atoms with Gasteiger partial charge in [0, 0.05) is 16.6 Å². The molecule has 1 N–H and O–H groups in total. The number of pyridine rings is 1. The van der Waals surface area contributed by atoms with Crippen LogP contribution in [0.5, 0.6) is 0 Å². The molecule has 0 aliphatic heterocycles. The van der Waals surface area contributed by atoms with E-state index in [9.17, 15) is 13.2 Å². The highest BCUT2D eigenvalue weighted by Crippen LogP contribution is 2.35. The molecule has 0 saturated carbocycles. The Kier molecular flexibility index (Phi) is 6.59. The van der Waals surface area contributed by atoms with Crippen molar-refractivity contribution in [3.8, 4) is 21.8 Å². The summed E-state index contributed by atoms with van der Waals surface area (Å²) in [5, 5.41) is 5.72. The van der Waals surface area contributed by atoms with E-state index in [0.717, 1.165) is 22.3 Å². The lowest BCUT2D eigenvalue weighted by Crippen LogP contribution is -2.04. The van der Waals surface area contributed by atoms with Gasteiger partial charge in [-0.15, -0.1) is 23.1 Å². The van der Waals surface area contributed by atoms with Crippen LogP contribution in [0.1, 0.15) is 38.3 Å². The highest BCUT2D eigenvalue weighted by atomic mass is 32.2. The Bertz CT molecular complexity index is 854. The molecule has 0 saturated heterocycles. The van der Waals surface area contributed by atoms with Crippen LogP contribution in [0.4, 0.5) is 13.2 Å². The lowest BCUT2D eigenvalue weighted by atomic mass is 10.2. The minimum Gasteiger partial charge on any atom is -0.273 e. The van der Waals surface area contributed by atoms with Crippen LogP contribution in [-0.4, -0.2) is 20.9 Å². The summed E-state index contributed by atoms with van der Waals surface area (Å²) in [6.45, 7) is 2.21. The molecule has 0 atom stereocenters. The van der Waals surface area contributed by atoms with Gasteiger partial charge in [-0.05, 0) is 42.5 Å². The predicted octanol–water partition coefficient (Wildman–Crippen LogP) is 6.89. The number of thioether (sulfide) groups is 1. The second-order valence-electron chi connectivity index (χ2n) is 6.12. The number of nitrogens with one attached hydrogen (secondary N) is 1. The van der Waals surface area contributed by atoms with E-state index in [-0.39, 0.29) is 5.69 Å². The van der Waals surface area contributed by atoms with E-state index in [1.165, 1.54) is 29.9 Å². The van der Waals surface area contributed by atoms with Crippen molar-refractivity contribution in [1.29, 1.82) is 0 Å². The average Bonchev–Trinajstić information content (AvgIpc) is 3.31. The van der Waals surface area contributed by atoms with Gasteiger partial charge < -0.3 is 0 Å². The average molecular weight is 412 g/mol. The molecular weight excluding hydrogens is 391 g/mol. The van der Waals surface area contributed by atoms with Crippen molar-refractivity contribution in [2.45, 2.75) is 43.0 Å². The first kappa shape index (κ1) is 19.9. The normalized spacial score (nSPS) is 11.9. The molecule has 8 heteroatoms. The second-order valence-corrected chi connectivity index (χ2v) is 8.60. The summed E-state index contributed by atoms with van der Waals surface area (Å²) in [4.78, 5) is 5.38. The Morgan fingerprint density at radius 1 is 1.07 bits per heavy atom. The van der Waals surface area contributed by atoms with Crippen molar-refractivity contribution in [3.05, 3.63) is 42.2 Å². The van der Waals surface area contributed by atoms with E-state index < -0.39 is 11.9 Å². The summed E-state index contributed by atoms with van der Waals surface area (Å²) >= 11 is 3.58. The van der Waals surface area contributed by atoms with Crippen LogP contribution in [0.2, 0.25) is 0 Å². The summed E-state index contributed by atoms with van der Waals surface area (Å²) in [5.41, 5.74) is 0.673. The van der Waals surface area contributed by atoms with Crippen LogP contribution >= 0.6 is 23.1 Å². The molecule has 3 nitrogen and oxygen atoms in total. The first-order valence-electron chi connectivity index (χ1n) is 8.79. The molecule has 0 amide bonds. The summed E-state index contributed by atoms with van der Waals surface area (Å²) in [7, 11) is 0. The van der Waals surface area contributed by atoms with Crippen molar-refractivity contribution >= 4 is 23.1 Å². The second kappa shape index (κ2) is 8.93. The summed E-state index contributed by atoms with van der Waals surface area (Å²) in [6.07, 6.45) is 2.27. The van der Waals surface area contributed by atoms with E-state index in [0.29, 0.717) is 5.69 Å². The Labute approximate surface area is 164 Å². The number of aromatic amines is 1. The van der Waals surface area contributed by atoms with Gasteiger partial charge in [0.1, 0.15) is 11.4 Å². The fourth-order valence-electron chi connectivity index (χ4n) is 2.54. The first-order valence-corrected chi connectivity index (χ1v) is 10.6. The van der Waals surface area contributed by atoms with Crippen LogP contribution < -0.4 is 0 Å². The first-order chi connectivity index (χ1) is 13.0. The summed E-state index contributed by atoms with van der Waals surface area (Å²) in [5.74, 6) is 1.12. The lowest BCUT2D eigenvalue weighted by molar-refractivity contribution is -0.141. The Morgan fingerprint density at radius 3 is 2.59 bits per heavy atom. The van der Waals surface area contributed by atoms with Crippen LogP contribution in [0, 0.1) is 0 Å². The number of halogens is 3. The van der Waals surface area contributed by atoms with Gasteiger partial charge in [-0.3, -0.25) is 10.1 Å². The van der Waals surface area contributed by atoms with Crippen LogP contribution in [-0.2, 0) is 6.18 Å². The standard InChI is InChI=1S/C19H20F3N3S2/c1-2-3-4-5-10-26-18-9-8-16(27-18)13-6-7-14(23-12-13)15-11-17(25-24-15)19(20,21)22/h6-9,11-12H,2-5,10H2,1H3,(H,24,25). The van der Waals surface area contributed by atoms with Gasteiger partial charge in [-0.1, -0.05) is 26.2 Å². The van der Waals surface area contributed by atoms with E-state index in [4.69, 9.17) is 0 Å². The fraction of sp³-hybridized carbons (Fsp3) is 0.368. The number of hydrogen-bond donors (Lipinski definition) is 1. The van der Waals surface area contributed by atoms with Crippen molar-refractivity contribution in [2.75, 3.05) is 5.75 Å². The zero-order valence-corrected chi connectivity index (χ0v) is 16.5. The van der Waals surface area contributed by atoms with E-state index >= 15 is 0 Å². The monoisotopic (exact) mass is 411 g/mol. The number of H-pyrrole nitrogens is 1. The third-order valence-corrected chi connectivity index (χ3v) is 6.46. The van der Waals surface area contributed by atoms with Crippen molar-refractivity contribution in [1.82, 2.24) is 15.2 Å². The molecule has 3 aromatic heterocycles. The largest absolute Gasteiger partial charge is 0.432 e. The third-order valence-electron chi connectivity index (χ3n) is 4.02. The van der Waals surface area contributed by atoms with Crippen molar-refractivity contribution in [3.63, 3.8) is 0 Å². The van der Waals surface area contributed by atoms with Gasteiger partial charge in [0.05, 0.1) is 9.90 Å². The molecule has 0 unspecified atom stereocenters. The summed E-state index contributed by atoms with van der Waals surface area (Å²) in [6, 6.07) is 8.71. The molecule has 3 rings (SSSR count). The Morgan fingerprint density at radius 2 is 1.93 bits per heavy atom. The van der Waals surface area contributed by atoms with Crippen LogP contribution in [0.15, 0.2) is 40.7 Å². The lowest BCUT2D eigenvalue weighted by Gasteiger charge is -2.01. The van der Waals surface area contributed by atoms with Crippen LogP contribution in [0.25, 0.3) is 21.8 Å². The number of alkyl halides is 3. The molecule has 3 heterocycles. The Hall–Kier alpha value is -1.80. The van der Waals surface area contributed by atoms with Crippen molar-refractivity contribution < 1.29 is 13.2 Å². The molecule has 0 spiro atoms. The molecular formula is C19H20F3N3S2. The molecule has 27 heavy (non-hydrogen) atoms. The van der Waals surface area contributed by atoms with Gasteiger partial charge in [0.15, 0.2) is 0 Å². The third kappa shape index (κ3) is 5.35. The molecule has 0 radical (unpaired) electrons. The maximum atomic E-state index is 12.7. The zero-order chi connectivity index (χ0) is 19.3. The van der Waals surface area contributed by atoms with Crippen LogP contribution in [0.3, 0.4) is 0 Å². The minimum atomic E-state index is -4.44. The highest BCUT2D eigenvalue weighted by molar-refractivity contribution is 8.01. The van der Waals surface area contributed by atoms with E-state index in [1.54, 1.807) is 23.6 Å². The van der Waals surface area contributed by atoms with E-state index in [2.05, 4.69) is 29.1 Å². The molecule has 0 bridgehead atoms. The van der Waals surface area contributed by atoms with Crippen molar-refractivity contribution in [2.24, 2.45) is 0 Å². The van der Waals surface area contributed by atoms with Gasteiger partial charge >= 0.3 is 6.18 Å². The number of nitrogens with zero attached hydrogens (tertiary/aromatic N) is 2. The molecule has 144 valence electrons. The fourth-order valence-corrected chi connectivity index (χ4v) is 4.74. The maximum Gasteiger partial charge on any atom is 0.432 e. The number of aromatic nitrogens is 3. The SMILES string of the molecule is CCCCCCSc1ccc(-c2ccc(-c3cc(C(F)(F)F)[nH]n3)nc2)s1. The topological polar surface area (TPSA) is 41.6 Å². The molecule has 3 aromatic rings. The van der Waals surface area contributed by atoms with Gasteiger partial charge in [0.2, 0.25) is 0 Å². The van der Waals surface area contributed by atoms with Gasteiger partial charge in [-0.25, -0.2) is 0 Å². The zero-order valence-electron chi connectivity index (χ0n) is 14.8. The summed E-state index contributed by atoms with van der Waals surface area (Å²) < 4.78 is 39.3. The molecule has 0 aliphatic rings. The van der Waals surface area contributed by atoms with Gasteiger partial charge in [-0.2, -0.15) is 18.3 Å². The van der Waals surface area contributed by atoms with E-state index in [1.807, 2.05) is 22.9 Å². The molecule has 0 aromatic carbocycles. The highest BCUT2D eigenvalue weighted by Gasteiger charge is 2.33. The Balaban J connectivity index is 1.63. The maximum absolute atomic E-state index is 12.7. The quantitative estimate of drug-likeness (QED) is 0.324. The smallest absolute Gasteiger partial charge is 0.273 e. The van der Waals surface area contributed by atoms with Gasteiger partial charge in [0.25, 0.3) is 0 Å². The number of thiophene rings is 1. The number of rotatable bonds is 8. The number of hydrogen-bond acceptors (Lipinski definition) is 4. The molecule has 0 aliphatic carbocycles. The number of unbranched alkanes of at least 4 members (excludes halogenated alkanes) is 3. The molecule has 0 fully saturated rings. The minimum absolute atomic E-state index is 0.184. The predicted molar refractivity (Wildman–Crippen MR) is 105 cm³/mol.